The molecular formula is C25H19F2N7O. The van der Waals surface area contributed by atoms with Gasteiger partial charge >= 0.3 is 0 Å². The maximum atomic E-state index is 14.5. The van der Waals surface area contributed by atoms with E-state index >= 15 is 0 Å². The number of hydrogen-bond donors (Lipinski definition) is 1. The highest BCUT2D eigenvalue weighted by Gasteiger charge is 2.30. The number of fused-ring (bicyclic) bond motifs is 2. The first-order valence-corrected chi connectivity index (χ1v) is 11.1. The van der Waals surface area contributed by atoms with E-state index in [4.69, 9.17) is 9.72 Å². The van der Waals surface area contributed by atoms with Gasteiger partial charge in [0.15, 0.2) is 5.65 Å². The molecule has 4 heterocycles. The van der Waals surface area contributed by atoms with Crippen LogP contribution in [0, 0.1) is 23.0 Å². The largest absolute Gasteiger partial charge is 0.495 e. The van der Waals surface area contributed by atoms with Crippen LogP contribution in [0.25, 0.3) is 28.1 Å². The number of rotatable bonds is 4. The molecule has 174 valence electrons. The maximum absolute atomic E-state index is 14.5. The molecule has 6 rings (SSSR count). The third-order valence-electron chi connectivity index (χ3n) is 6.40. The van der Waals surface area contributed by atoms with E-state index in [0.29, 0.717) is 63.7 Å². The summed E-state index contributed by atoms with van der Waals surface area (Å²) < 4.78 is 35.3. The van der Waals surface area contributed by atoms with Crippen molar-refractivity contribution in [1.82, 2.24) is 24.6 Å². The molecule has 1 aliphatic rings. The number of halogens is 2. The van der Waals surface area contributed by atoms with Crippen molar-refractivity contribution in [3.05, 3.63) is 71.6 Å². The van der Waals surface area contributed by atoms with Crippen LogP contribution in [0.4, 0.5) is 14.6 Å². The number of hydrogen-bond acceptors (Lipinski definition) is 6. The van der Waals surface area contributed by atoms with Crippen LogP contribution in [0.1, 0.15) is 30.0 Å². The lowest BCUT2D eigenvalue weighted by Crippen LogP contribution is -2.24. The number of H-pyrrole nitrogens is 1. The van der Waals surface area contributed by atoms with E-state index in [1.54, 1.807) is 29.0 Å². The average molecular weight is 471 g/mol. The van der Waals surface area contributed by atoms with E-state index in [9.17, 15) is 14.0 Å². The molecule has 0 spiro atoms. The Kier molecular flexibility index (Phi) is 4.84. The number of nitrogens with zero attached hydrogens (tertiary/aromatic N) is 6. The Morgan fingerprint density at radius 2 is 2.06 bits per heavy atom. The van der Waals surface area contributed by atoms with Crippen LogP contribution < -0.4 is 9.64 Å². The highest BCUT2D eigenvalue weighted by molar-refractivity contribution is 5.85. The van der Waals surface area contributed by atoms with Crippen molar-refractivity contribution in [2.45, 2.75) is 18.9 Å². The number of imidazole rings is 1. The van der Waals surface area contributed by atoms with Gasteiger partial charge in [0.1, 0.15) is 35.1 Å². The zero-order valence-corrected chi connectivity index (χ0v) is 18.7. The van der Waals surface area contributed by atoms with Crippen molar-refractivity contribution in [1.29, 1.82) is 5.26 Å². The first-order chi connectivity index (χ1) is 17.1. The van der Waals surface area contributed by atoms with Gasteiger partial charge in [0.05, 0.1) is 41.5 Å². The fraction of sp³-hybridized carbons (Fsp3) is 0.200. The van der Waals surface area contributed by atoms with Gasteiger partial charge in [-0.15, -0.1) is 0 Å². The third-order valence-corrected chi connectivity index (χ3v) is 6.40. The molecule has 2 aromatic carbocycles. The van der Waals surface area contributed by atoms with Crippen molar-refractivity contribution in [3.8, 4) is 23.2 Å². The molecule has 35 heavy (non-hydrogen) atoms. The van der Waals surface area contributed by atoms with Gasteiger partial charge in [-0.2, -0.15) is 10.4 Å². The molecule has 8 nitrogen and oxygen atoms in total. The highest BCUT2D eigenvalue weighted by atomic mass is 19.1. The summed E-state index contributed by atoms with van der Waals surface area (Å²) in [4.78, 5) is 14.7. The zero-order valence-electron chi connectivity index (χ0n) is 18.7. The fourth-order valence-corrected chi connectivity index (χ4v) is 4.74. The van der Waals surface area contributed by atoms with Crippen LogP contribution in [0.3, 0.4) is 0 Å². The summed E-state index contributed by atoms with van der Waals surface area (Å²) in [5.41, 5.74) is 3.30. The molecule has 0 bridgehead atoms. The lowest BCUT2D eigenvalue weighted by Gasteiger charge is -2.26. The summed E-state index contributed by atoms with van der Waals surface area (Å²) >= 11 is 0. The Labute approximate surface area is 198 Å². The number of anilines is 1. The number of nitrogens with one attached hydrogen (secondary N) is 1. The Balaban J connectivity index is 1.42. The van der Waals surface area contributed by atoms with Crippen LogP contribution in [-0.2, 0) is 0 Å². The number of nitriles is 1. The van der Waals surface area contributed by atoms with Crippen molar-refractivity contribution in [3.63, 3.8) is 0 Å². The summed E-state index contributed by atoms with van der Waals surface area (Å²) in [6.07, 6.45) is 5.00. The van der Waals surface area contributed by atoms with E-state index in [-0.39, 0.29) is 6.04 Å². The molecule has 1 saturated heterocycles. The number of benzene rings is 2. The van der Waals surface area contributed by atoms with Crippen molar-refractivity contribution in [2.24, 2.45) is 0 Å². The average Bonchev–Trinajstić information content (AvgIpc) is 3.61. The molecule has 10 heteroatoms. The van der Waals surface area contributed by atoms with Crippen LogP contribution in [0.15, 0.2) is 48.8 Å². The van der Waals surface area contributed by atoms with E-state index in [1.807, 2.05) is 11.0 Å². The number of methoxy groups -OCH3 is 1. The highest BCUT2D eigenvalue weighted by Crippen LogP contribution is 2.37. The summed E-state index contributed by atoms with van der Waals surface area (Å²) in [6.45, 7) is 0.675. The summed E-state index contributed by atoms with van der Waals surface area (Å²) in [6, 6.07) is 10.6. The monoisotopic (exact) mass is 471 g/mol. The van der Waals surface area contributed by atoms with Gasteiger partial charge in [-0.05, 0) is 43.2 Å². The van der Waals surface area contributed by atoms with Gasteiger partial charge in [-0.1, -0.05) is 0 Å². The second kappa shape index (κ2) is 8.06. The zero-order chi connectivity index (χ0) is 24.1. The summed E-state index contributed by atoms with van der Waals surface area (Å²) in [7, 11) is 1.51. The minimum atomic E-state index is -0.462. The van der Waals surface area contributed by atoms with E-state index in [0.717, 1.165) is 12.5 Å². The molecule has 0 aliphatic carbocycles. The smallest absolute Gasteiger partial charge is 0.168 e. The lowest BCUT2D eigenvalue weighted by molar-refractivity contribution is 0.414. The molecule has 3 aromatic heterocycles. The molecular weight excluding hydrogens is 452 g/mol. The van der Waals surface area contributed by atoms with Gasteiger partial charge in [-0.3, -0.25) is 0 Å². The van der Waals surface area contributed by atoms with E-state index in [2.05, 4.69) is 21.1 Å². The minimum absolute atomic E-state index is 0.310. The second-order valence-electron chi connectivity index (χ2n) is 8.40. The second-order valence-corrected chi connectivity index (χ2v) is 8.40. The molecule has 0 saturated carbocycles. The van der Waals surface area contributed by atoms with Gasteiger partial charge < -0.3 is 14.6 Å². The molecule has 1 unspecified atom stereocenters. The number of aromatic amines is 1. The quantitative estimate of drug-likeness (QED) is 0.406. The number of ether oxygens (including phenoxy) is 1. The van der Waals surface area contributed by atoms with Gasteiger partial charge in [-0.25, -0.2) is 23.3 Å². The van der Waals surface area contributed by atoms with Gasteiger partial charge in [0, 0.05) is 24.4 Å². The Morgan fingerprint density at radius 3 is 2.89 bits per heavy atom. The molecule has 0 radical (unpaired) electrons. The Hall–Kier alpha value is -4.52. The number of aromatic nitrogens is 5. The topological polar surface area (TPSA) is 95.1 Å². The maximum Gasteiger partial charge on any atom is 0.168 e. The molecule has 1 aliphatic heterocycles. The van der Waals surface area contributed by atoms with E-state index < -0.39 is 11.6 Å². The molecule has 1 N–H and O–H groups in total. The standard InChI is InChI=1S/C25H19F2N7O/c1-35-22-11-20-19(9-14(22)12-28)30-24(31-20)17-13-29-34-8-6-23(32-25(17)34)33-7-2-3-21(33)16-10-15(26)4-5-18(16)27/h4-6,8-11,13,21H,2-3,7H2,1H3,(H,30,31). The normalized spacial score (nSPS) is 15.7. The Morgan fingerprint density at radius 1 is 1.17 bits per heavy atom. The first kappa shape index (κ1) is 21.0. The first-order valence-electron chi connectivity index (χ1n) is 11.1. The lowest BCUT2D eigenvalue weighted by atomic mass is 10.0. The van der Waals surface area contributed by atoms with Gasteiger partial charge in [0.2, 0.25) is 0 Å². The fourth-order valence-electron chi connectivity index (χ4n) is 4.74. The minimum Gasteiger partial charge on any atom is -0.495 e. The van der Waals surface area contributed by atoms with Crippen LogP contribution >= 0.6 is 0 Å². The third kappa shape index (κ3) is 3.44. The van der Waals surface area contributed by atoms with Crippen LogP contribution in [0.2, 0.25) is 0 Å². The van der Waals surface area contributed by atoms with Crippen molar-refractivity contribution < 1.29 is 13.5 Å². The van der Waals surface area contributed by atoms with Crippen molar-refractivity contribution in [2.75, 3.05) is 18.6 Å². The van der Waals surface area contributed by atoms with Crippen LogP contribution in [-0.4, -0.2) is 38.2 Å². The van der Waals surface area contributed by atoms with Gasteiger partial charge in [0.25, 0.3) is 0 Å². The van der Waals surface area contributed by atoms with Crippen LogP contribution in [0.5, 0.6) is 5.75 Å². The van der Waals surface area contributed by atoms with E-state index in [1.165, 1.54) is 19.2 Å². The SMILES string of the molecule is COc1cc2[nH]c(-c3cnn4ccc(N5CCCC5c5cc(F)ccc5F)nc34)nc2cc1C#N. The molecule has 1 fully saturated rings. The molecule has 1 atom stereocenters. The molecule has 5 aromatic rings. The summed E-state index contributed by atoms with van der Waals surface area (Å²) in [5, 5.41) is 13.8. The van der Waals surface area contributed by atoms with Crippen molar-refractivity contribution >= 4 is 22.5 Å². The predicted molar refractivity (Wildman–Crippen MR) is 125 cm³/mol. The predicted octanol–water partition coefficient (Wildman–Crippen LogP) is 4.77. The summed E-state index contributed by atoms with van der Waals surface area (Å²) in [5.74, 6) is 0.765. The molecule has 0 amide bonds. The Bertz CT molecular complexity index is 1630.